The molecule has 0 aliphatic carbocycles. The summed E-state index contributed by atoms with van der Waals surface area (Å²) >= 11 is 0. The highest BCUT2D eigenvalue weighted by atomic mass is 16.5. The standard InChI is InChI=1S/C14H17N3O/c1-4-10-8-11(9(2)16-14(10)18-3)12-6-5-7-13(15)17-12/h5-8H,4H2,1-3H3,(H2,15,17). The molecule has 0 saturated carbocycles. The van der Waals surface area contributed by atoms with Gasteiger partial charge in [0, 0.05) is 11.1 Å². The second kappa shape index (κ2) is 5.04. The zero-order chi connectivity index (χ0) is 13.1. The molecule has 94 valence electrons. The molecular formula is C14H17N3O. The molecule has 2 N–H and O–H groups in total. The van der Waals surface area contributed by atoms with Crippen molar-refractivity contribution in [3.05, 3.63) is 35.5 Å². The SMILES string of the molecule is CCc1cc(-c2cccc(N)n2)c(C)nc1OC. The van der Waals surface area contributed by atoms with Gasteiger partial charge in [0.15, 0.2) is 0 Å². The summed E-state index contributed by atoms with van der Waals surface area (Å²) in [5.74, 6) is 1.20. The Balaban J connectivity index is 2.57. The lowest BCUT2D eigenvalue weighted by molar-refractivity contribution is 0.392. The molecule has 0 aliphatic heterocycles. The van der Waals surface area contributed by atoms with Crippen LogP contribution in [0.1, 0.15) is 18.2 Å². The number of ether oxygens (including phenoxy) is 1. The van der Waals surface area contributed by atoms with Crippen LogP contribution in [-0.4, -0.2) is 17.1 Å². The highest BCUT2D eigenvalue weighted by Crippen LogP contribution is 2.27. The summed E-state index contributed by atoms with van der Waals surface area (Å²) in [6.07, 6.45) is 0.867. The molecule has 4 heteroatoms. The van der Waals surface area contributed by atoms with Crippen LogP contribution in [0.5, 0.6) is 5.88 Å². The lowest BCUT2D eigenvalue weighted by Gasteiger charge is -2.11. The first-order valence-electron chi connectivity index (χ1n) is 5.93. The number of nitrogens with zero attached hydrogens (tertiary/aromatic N) is 2. The Morgan fingerprint density at radius 2 is 2.06 bits per heavy atom. The summed E-state index contributed by atoms with van der Waals surface area (Å²) in [5.41, 5.74) is 9.52. The van der Waals surface area contributed by atoms with Crippen molar-refractivity contribution in [2.45, 2.75) is 20.3 Å². The van der Waals surface area contributed by atoms with Crippen molar-refractivity contribution in [1.82, 2.24) is 9.97 Å². The second-order valence-electron chi connectivity index (χ2n) is 4.09. The van der Waals surface area contributed by atoms with E-state index >= 15 is 0 Å². The Bertz CT molecular complexity index is 567. The van der Waals surface area contributed by atoms with E-state index in [1.54, 1.807) is 13.2 Å². The fraction of sp³-hybridized carbons (Fsp3) is 0.286. The van der Waals surface area contributed by atoms with Crippen LogP contribution in [0.2, 0.25) is 0 Å². The minimum Gasteiger partial charge on any atom is -0.481 e. The van der Waals surface area contributed by atoms with Gasteiger partial charge in [-0.15, -0.1) is 0 Å². The van der Waals surface area contributed by atoms with Gasteiger partial charge in [-0.1, -0.05) is 13.0 Å². The number of aryl methyl sites for hydroxylation is 2. The van der Waals surface area contributed by atoms with Crippen LogP contribution in [0.3, 0.4) is 0 Å². The lowest BCUT2D eigenvalue weighted by atomic mass is 10.1. The molecule has 2 aromatic heterocycles. The van der Waals surface area contributed by atoms with E-state index in [1.807, 2.05) is 19.1 Å². The molecule has 0 aromatic carbocycles. The molecule has 0 spiro atoms. The van der Waals surface area contributed by atoms with Gasteiger partial charge in [-0.25, -0.2) is 9.97 Å². The van der Waals surface area contributed by atoms with E-state index < -0.39 is 0 Å². The van der Waals surface area contributed by atoms with E-state index in [0.29, 0.717) is 11.7 Å². The van der Waals surface area contributed by atoms with Crippen LogP contribution in [-0.2, 0) is 6.42 Å². The molecule has 0 radical (unpaired) electrons. The molecule has 18 heavy (non-hydrogen) atoms. The van der Waals surface area contributed by atoms with Gasteiger partial charge in [-0.05, 0) is 31.5 Å². The zero-order valence-corrected chi connectivity index (χ0v) is 10.9. The van der Waals surface area contributed by atoms with E-state index in [2.05, 4.69) is 23.0 Å². The number of hydrogen-bond acceptors (Lipinski definition) is 4. The molecule has 2 heterocycles. The van der Waals surface area contributed by atoms with Crippen LogP contribution in [0, 0.1) is 6.92 Å². The third-order valence-electron chi connectivity index (χ3n) is 2.87. The van der Waals surface area contributed by atoms with Gasteiger partial charge >= 0.3 is 0 Å². The van der Waals surface area contributed by atoms with Gasteiger partial charge in [-0.3, -0.25) is 0 Å². The van der Waals surface area contributed by atoms with Crippen LogP contribution in [0.4, 0.5) is 5.82 Å². The zero-order valence-electron chi connectivity index (χ0n) is 10.9. The first-order chi connectivity index (χ1) is 8.65. The Morgan fingerprint density at radius 1 is 1.28 bits per heavy atom. The number of rotatable bonds is 3. The van der Waals surface area contributed by atoms with Gasteiger partial charge in [0.2, 0.25) is 5.88 Å². The second-order valence-corrected chi connectivity index (χ2v) is 4.09. The number of nitrogens with two attached hydrogens (primary N) is 1. The average Bonchev–Trinajstić information content (AvgIpc) is 2.38. The summed E-state index contributed by atoms with van der Waals surface area (Å²) in [7, 11) is 1.64. The smallest absolute Gasteiger partial charge is 0.216 e. The van der Waals surface area contributed by atoms with Gasteiger partial charge in [0.25, 0.3) is 0 Å². The molecule has 2 rings (SSSR count). The van der Waals surface area contributed by atoms with Gasteiger partial charge in [0.1, 0.15) is 5.82 Å². The van der Waals surface area contributed by atoms with Crippen LogP contribution in [0.25, 0.3) is 11.3 Å². The number of methoxy groups -OCH3 is 1. The molecule has 0 saturated heterocycles. The number of hydrogen-bond donors (Lipinski definition) is 1. The van der Waals surface area contributed by atoms with Gasteiger partial charge < -0.3 is 10.5 Å². The fourth-order valence-electron chi connectivity index (χ4n) is 1.92. The maximum Gasteiger partial charge on any atom is 0.216 e. The molecule has 0 unspecified atom stereocenters. The van der Waals surface area contributed by atoms with Crippen molar-refractivity contribution in [1.29, 1.82) is 0 Å². The van der Waals surface area contributed by atoms with E-state index in [4.69, 9.17) is 10.5 Å². The van der Waals surface area contributed by atoms with Gasteiger partial charge in [0.05, 0.1) is 18.5 Å². The first-order valence-corrected chi connectivity index (χ1v) is 5.93. The predicted molar refractivity (Wildman–Crippen MR) is 72.5 cm³/mol. The molecule has 0 aliphatic rings. The molecule has 2 aromatic rings. The minimum absolute atomic E-state index is 0.515. The number of anilines is 1. The largest absolute Gasteiger partial charge is 0.481 e. The van der Waals surface area contributed by atoms with Crippen molar-refractivity contribution in [3.63, 3.8) is 0 Å². The summed E-state index contributed by atoms with van der Waals surface area (Å²) in [5, 5.41) is 0. The Morgan fingerprint density at radius 3 is 2.67 bits per heavy atom. The van der Waals surface area contributed by atoms with Crippen LogP contribution >= 0.6 is 0 Å². The van der Waals surface area contributed by atoms with E-state index in [-0.39, 0.29) is 0 Å². The fourth-order valence-corrected chi connectivity index (χ4v) is 1.92. The molecular weight excluding hydrogens is 226 g/mol. The van der Waals surface area contributed by atoms with Crippen molar-refractivity contribution < 1.29 is 4.74 Å². The highest BCUT2D eigenvalue weighted by molar-refractivity contribution is 5.65. The molecule has 0 atom stereocenters. The maximum atomic E-state index is 5.72. The monoisotopic (exact) mass is 243 g/mol. The van der Waals surface area contributed by atoms with E-state index in [9.17, 15) is 0 Å². The predicted octanol–water partition coefficient (Wildman–Crippen LogP) is 2.61. The third-order valence-corrected chi connectivity index (χ3v) is 2.87. The lowest BCUT2D eigenvalue weighted by Crippen LogP contribution is -2.00. The summed E-state index contributed by atoms with van der Waals surface area (Å²) in [6, 6.07) is 7.68. The van der Waals surface area contributed by atoms with Crippen molar-refractivity contribution in [3.8, 4) is 17.1 Å². The maximum absolute atomic E-state index is 5.72. The number of nitrogen functional groups attached to an aromatic ring is 1. The topological polar surface area (TPSA) is 61.0 Å². The van der Waals surface area contributed by atoms with E-state index in [0.717, 1.165) is 28.9 Å². The molecule has 0 amide bonds. The minimum atomic E-state index is 0.515. The first kappa shape index (κ1) is 12.4. The molecule has 0 bridgehead atoms. The Kier molecular flexibility index (Phi) is 3.46. The van der Waals surface area contributed by atoms with Crippen LogP contribution < -0.4 is 10.5 Å². The summed E-state index contributed by atoms with van der Waals surface area (Å²) in [4.78, 5) is 8.80. The number of aromatic nitrogens is 2. The number of pyridine rings is 2. The average molecular weight is 243 g/mol. The quantitative estimate of drug-likeness (QED) is 0.900. The molecule has 0 fully saturated rings. The van der Waals surface area contributed by atoms with Crippen molar-refractivity contribution in [2.24, 2.45) is 0 Å². The summed E-state index contributed by atoms with van der Waals surface area (Å²) < 4.78 is 5.28. The Hall–Kier alpha value is -2.10. The van der Waals surface area contributed by atoms with Crippen molar-refractivity contribution >= 4 is 5.82 Å². The summed E-state index contributed by atoms with van der Waals surface area (Å²) in [6.45, 7) is 4.02. The normalized spacial score (nSPS) is 10.4. The molecule has 4 nitrogen and oxygen atoms in total. The Labute approximate surface area is 107 Å². The van der Waals surface area contributed by atoms with E-state index in [1.165, 1.54) is 0 Å². The third kappa shape index (κ3) is 2.27. The van der Waals surface area contributed by atoms with Crippen molar-refractivity contribution in [2.75, 3.05) is 12.8 Å². The highest BCUT2D eigenvalue weighted by Gasteiger charge is 2.11. The van der Waals surface area contributed by atoms with Gasteiger partial charge in [-0.2, -0.15) is 0 Å². The van der Waals surface area contributed by atoms with Crippen LogP contribution in [0.15, 0.2) is 24.3 Å².